The average Bonchev–Trinajstić information content (AvgIpc) is 2.27. The first-order valence-corrected chi connectivity index (χ1v) is 5.62. The highest BCUT2D eigenvalue weighted by atomic mass is 16.4. The second-order valence-corrected chi connectivity index (χ2v) is 3.73. The zero-order chi connectivity index (χ0) is 12.4. The summed E-state index contributed by atoms with van der Waals surface area (Å²) in [5, 5.41) is 15.7. The van der Waals surface area contributed by atoms with Crippen molar-refractivity contribution in [2.45, 2.75) is 45.1 Å². The lowest BCUT2D eigenvalue weighted by Gasteiger charge is -2.29. The summed E-state index contributed by atoms with van der Waals surface area (Å²) in [5.41, 5.74) is 7.26. The summed E-state index contributed by atoms with van der Waals surface area (Å²) < 4.78 is 0. The van der Waals surface area contributed by atoms with E-state index in [-0.39, 0.29) is 0 Å². The first-order chi connectivity index (χ1) is 7.63. The summed E-state index contributed by atoms with van der Waals surface area (Å²) in [6.45, 7) is 4.79. The number of carboxylic acids is 1. The van der Waals surface area contributed by atoms with Gasteiger partial charge in [-0.3, -0.25) is 4.79 Å². The van der Waals surface area contributed by atoms with Crippen LogP contribution in [0.2, 0.25) is 0 Å². The predicted octanol–water partition coefficient (Wildman–Crippen LogP) is 2.31. The number of rotatable bonds is 9. The number of azide groups is 1. The van der Waals surface area contributed by atoms with Crippen LogP contribution in [0, 0.1) is 0 Å². The molecule has 0 radical (unpaired) electrons. The minimum absolute atomic E-state index is 0.398. The molecule has 16 heavy (non-hydrogen) atoms. The van der Waals surface area contributed by atoms with Gasteiger partial charge in [-0.05, 0) is 31.3 Å². The fourth-order valence-electron chi connectivity index (χ4n) is 1.67. The molecule has 6 nitrogen and oxygen atoms in total. The van der Waals surface area contributed by atoms with Gasteiger partial charge >= 0.3 is 5.97 Å². The molecule has 0 aliphatic rings. The topological polar surface area (TPSA) is 98.1 Å². The third-order valence-corrected chi connectivity index (χ3v) is 2.65. The fourth-order valence-corrected chi connectivity index (χ4v) is 1.67. The first-order valence-electron chi connectivity index (χ1n) is 5.62. The molecule has 0 aromatic carbocycles. The van der Waals surface area contributed by atoms with Crippen LogP contribution in [-0.4, -0.2) is 29.7 Å². The Hall–Kier alpha value is -1.26. The highest BCUT2D eigenvalue weighted by Crippen LogP contribution is 2.17. The van der Waals surface area contributed by atoms with E-state index in [0.29, 0.717) is 32.4 Å². The van der Waals surface area contributed by atoms with Crippen LogP contribution in [0.3, 0.4) is 0 Å². The maximum atomic E-state index is 11.2. The van der Waals surface area contributed by atoms with E-state index in [1.54, 1.807) is 0 Å². The minimum Gasteiger partial charge on any atom is -0.480 e. The molecule has 0 aliphatic carbocycles. The Bertz CT molecular complexity index is 264. The van der Waals surface area contributed by atoms with Crippen LogP contribution in [0.4, 0.5) is 0 Å². The smallest absolute Gasteiger partial charge is 0.323 e. The van der Waals surface area contributed by atoms with Gasteiger partial charge in [0.15, 0.2) is 0 Å². The quantitative estimate of drug-likeness (QED) is 0.274. The van der Waals surface area contributed by atoms with E-state index in [1.165, 1.54) is 0 Å². The van der Waals surface area contributed by atoms with Gasteiger partial charge in [-0.2, -0.15) is 0 Å². The first kappa shape index (κ1) is 14.7. The summed E-state index contributed by atoms with van der Waals surface area (Å²) in [6, 6.07) is 0. The van der Waals surface area contributed by atoms with Crippen LogP contribution in [0.15, 0.2) is 5.11 Å². The van der Waals surface area contributed by atoms with E-state index < -0.39 is 11.5 Å². The molecule has 0 fully saturated rings. The van der Waals surface area contributed by atoms with Crippen LogP contribution >= 0.6 is 0 Å². The molecule has 0 rings (SSSR count). The van der Waals surface area contributed by atoms with E-state index in [9.17, 15) is 9.90 Å². The minimum atomic E-state index is -0.828. The molecule has 0 bridgehead atoms. The van der Waals surface area contributed by atoms with E-state index in [0.717, 1.165) is 6.42 Å². The van der Waals surface area contributed by atoms with Crippen molar-refractivity contribution in [3.05, 3.63) is 10.4 Å². The van der Waals surface area contributed by atoms with Crippen molar-refractivity contribution >= 4 is 5.97 Å². The number of hydrogen-bond donors (Lipinski definition) is 2. The van der Waals surface area contributed by atoms with Crippen molar-refractivity contribution in [2.24, 2.45) is 5.11 Å². The third-order valence-electron chi connectivity index (χ3n) is 2.65. The lowest BCUT2D eigenvalue weighted by Crippen LogP contribution is -2.52. The molecular weight excluding hydrogens is 208 g/mol. The van der Waals surface area contributed by atoms with Crippen LogP contribution in [0.5, 0.6) is 0 Å². The molecule has 0 aromatic rings. The van der Waals surface area contributed by atoms with Crippen LogP contribution in [-0.2, 0) is 4.79 Å². The van der Waals surface area contributed by atoms with Gasteiger partial charge in [0, 0.05) is 11.5 Å². The van der Waals surface area contributed by atoms with E-state index >= 15 is 0 Å². The molecule has 1 unspecified atom stereocenters. The van der Waals surface area contributed by atoms with Gasteiger partial charge in [0.2, 0.25) is 0 Å². The zero-order valence-corrected chi connectivity index (χ0v) is 9.94. The number of hydrogen-bond acceptors (Lipinski definition) is 3. The van der Waals surface area contributed by atoms with Crippen molar-refractivity contribution < 1.29 is 9.90 Å². The van der Waals surface area contributed by atoms with Crippen molar-refractivity contribution in [3.63, 3.8) is 0 Å². The number of nitrogens with one attached hydrogen (secondary N) is 1. The van der Waals surface area contributed by atoms with Crippen molar-refractivity contribution in [3.8, 4) is 0 Å². The second kappa shape index (κ2) is 7.96. The molecule has 0 aromatic heterocycles. The van der Waals surface area contributed by atoms with Crippen molar-refractivity contribution in [1.82, 2.24) is 5.32 Å². The molecule has 0 saturated heterocycles. The predicted molar refractivity (Wildman–Crippen MR) is 62.2 cm³/mol. The number of carboxylic acid groups (broad SMARTS) is 1. The van der Waals surface area contributed by atoms with Crippen LogP contribution < -0.4 is 5.32 Å². The molecule has 0 spiro atoms. The highest BCUT2D eigenvalue weighted by molar-refractivity contribution is 5.78. The molecule has 0 heterocycles. The van der Waals surface area contributed by atoms with Crippen LogP contribution in [0.1, 0.15) is 39.5 Å². The number of aliphatic carboxylic acids is 1. The zero-order valence-electron chi connectivity index (χ0n) is 9.94. The molecule has 6 heteroatoms. The van der Waals surface area contributed by atoms with Crippen molar-refractivity contribution in [1.29, 1.82) is 0 Å². The molecular formula is C10H20N4O2. The van der Waals surface area contributed by atoms with E-state index in [4.69, 9.17) is 5.53 Å². The van der Waals surface area contributed by atoms with Gasteiger partial charge in [-0.25, -0.2) is 0 Å². The summed E-state index contributed by atoms with van der Waals surface area (Å²) >= 11 is 0. The van der Waals surface area contributed by atoms with Gasteiger partial charge in [0.05, 0.1) is 0 Å². The second-order valence-electron chi connectivity index (χ2n) is 3.73. The maximum Gasteiger partial charge on any atom is 0.323 e. The summed E-state index contributed by atoms with van der Waals surface area (Å²) in [6.07, 6.45) is 2.64. The van der Waals surface area contributed by atoms with E-state index in [2.05, 4.69) is 15.3 Å². The molecule has 0 saturated carbocycles. The van der Waals surface area contributed by atoms with Gasteiger partial charge in [0.25, 0.3) is 0 Å². The van der Waals surface area contributed by atoms with E-state index in [1.807, 2.05) is 13.8 Å². The van der Waals surface area contributed by atoms with Gasteiger partial charge < -0.3 is 10.4 Å². The van der Waals surface area contributed by atoms with Gasteiger partial charge in [-0.1, -0.05) is 25.4 Å². The summed E-state index contributed by atoms with van der Waals surface area (Å²) in [4.78, 5) is 13.9. The monoisotopic (exact) mass is 228 g/mol. The summed E-state index contributed by atoms with van der Waals surface area (Å²) in [5.74, 6) is -0.805. The molecule has 2 N–H and O–H groups in total. The Morgan fingerprint density at radius 1 is 1.56 bits per heavy atom. The lowest BCUT2D eigenvalue weighted by molar-refractivity contribution is -0.145. The Kier molecular flexibility index (Phi) is 7.33. The number of carbonyl (C=O) groups is 1. The largest absolute Gasteiger partial charge is 0.480 e. The average molecular weight is 228 g/mol. The molecule has 92 valence electrons. The fraction of sp³-hybridized carbons (Fsp3) is 0.900. The standard InChI is InChI=1S/C10H20N4O2/c1-3-6-10(4-2,9(15)16)12-7-5-8-13-14-11/h12H,3-8H2,1-2H3,(H,15,16). The van der Waals surface area contributed by atoms with Crippen molar-refractivity contribution in [2.75, 3.05) is 13.1 Å². The third kappa shape index (κ3) is 4.51. The Labute approximate surface area is 95.7 Å². The Morgan fingerprint density at radius 2 is 2.25 bits per heavy atom. The normalized spacial score (nSPS) is 13.9. The maximum absolute atomic E-state index is 11.2. The molecule has 0 aliphatic heterocycles. The SMILES string of the molecule is CCCC(CC)(NCCCN=[N+]=[N-])C(=O)O. The van der Waals surface area contributed by atoms with Gasteiger partial charge in [0.1, 0.15) is 5.54 Å². The lowest BCUT2D eigenvalue weighted by atomic mass is 9.90. The van der Waals surface area contributed by atoms with Gasteiger partial charge in [-0.15, -0.1) is 0 Å². The highest BCUT2D eigenvalue weighted by Gasteiger charge is 2.34. The summed E-state index contributed by atoms with van der Waals surface area (Å²) in [7, 11) is 0. The Balaban J connectivity index is 4.20. The molecule has 1 atom stereocenters. The molecule has 0 amide bonds. The van der Waals surface area contributed by atoms with Crippen LogP contribution in [0.25, 0.3) is 10.4 Å². The Morgan fingerprint density at radius 3 is 2.69 bits per heavy atom. The number of nitrogens with zero attached hydrogens (tertiary/aromatic N) is 3.